The third-order valence-electron chi connectivity index (χ3n) is 2.93. The van der Waals surface area contributed by atoms with Crippen molar-refractivity contribution in [3.63, 3.8) is 0 Å². The minimum atomic E-state index is -1.01. The van der Waals surface area contributed by atoms with Gasteiger partial charge in [-0.2, -0.15) is 0 Å². The molecule has 4 nitrogen and oxygen atoms in total. The zero-order valence-electron chi connectivity index (χ0n) is 11.5. The Morgan fingerprint density at radius 2 is 2.14 bits per heavy atom. The predicted octanol–water partition coefficient (Wildman–Crippen LogP) is 3.08. The Kier molecular flexibility index (Phi) is 4.90. The quantitative estimate of drug-likeness (QED) is 0.834. The number of thiophene rings is 1. The van der Waals surface area contributed by atoms with E-state index in [1.54, 1.807) is 23.5 Å². The van der Waals surface area contributed by atoms with E-state index in [1.165, 1.54) is 6.08 Å². The number of aryl methyl sites for hydroxylation is 1. The van der Waals surface area contributed by atoms with Crippen molar-refractivity contribution in [3.8, 4) is 0 Å². The Labute approximate surface area is 126 Å². The second-order valence-electron chi connectivity index (χ2n) is 4.51. The van der Waals surface area contributed by atoms with Gasteiger partial charge in [-0.05, 0) is 41.6 Å². The van der Waals surface area contributed by atoms with Crippen LogP contribution in [0, 0.1) is 6.92 Å². The van der Waals surface area contributed by atoms with Crippen LogP contribution in [0.1, 0.15) is 26.4 Å². The highest BCUT2D eigenvalue weighted by molar-refractivity contribution is 7.09. The fraction of sp³-hybridized carbons (Fsp3) is 0.125. The molecule has 1 aromatic heterocycles. The lowest BCUT2D eigenvalue weighted by atomic mass is 10.0. The summed E-state index contributed by atoms with van der Waals surface area (Å²) in [6, 6.07) is 9.18. The van der Waals surface area contributed by atoms with Gasteiger partial charge in [0.1, 0.15) is 0 Å². The molecule has 108 valence electrons. The summed E-state index contributed by atoms with van der Waals surface area (Å²) in [6.07, 6.45) is 2.52. The van der Waals surface area contributed by atoms with E-state index in [0.717, 1.165) is 16.5 Å². The van der Waals surface area contributed by atoms with Crippen LogP contribution in [0.5, 0.6) is 0 Å². The monoisotopic (exact) mass is 301 g/mol. The number of hydrogen-bond donors (Lipinski definition) is 2. The highest BCUT2D eigenvalue weighted by Gasteiger charge is 2.09. The summed E-state index contributed by atoms with van der Waals surface area (Å²) in [5.41, 5.74) is 2.09. The van der Waals surface area contributed by atoms with Crippen LogP contribution >= 0.6 is 11.3 Å². The van der Waals surface area contributed by atoms with E-state index >= 15 is 0 Å². The van der Waals surface area contributed by atoms with Gasteiger partial charge in [-0.1, -0.05) is 18.2 Å². The zero-order chi connectivity index (χ0) is 15.2. The van der Waals surface area contributed by atoms with E-state index in [1.807, 2.05) is 30.5 Å². The Morgan fingerprint density at radius 3 is 2.81 bits per heavy atom. The molecule has 1 aromatic carbocycles. The van der Waals surface area contributed by atoms with Gasteiger partial charge in [-0.15, -0.1) is 11.3 Å². The van der Waals surface area contributed by atoms with Crippen LogP contribution in [0.3, 0.4) is 0 Å². The number of rotatable bonds is 5. The highest BCUT2D eigenvalue weighted by atomic mass is 32.1. The number of carboxylic acids is 1. The van der Waals surface area contributed by atoms with Crippen molar-refractivity contribution in [3.05, 3.63) is 63.4 Å². The van der Waals surface area contributed by atoms with E-state index in [4.69, 9.17) is 5.11 Å². The second-order valence-corrected chi connectivity index (χ2v) is 5.54. The molecule has 2 aromatic rings. The number of aliphatic carboxylic acids is 1. The van der Waals surface area contributed by atoms with Gasteiger partial charge < -0.3 is 10.4 Å². The lowest BCUT2D eigenvalue weighted by Crippen LogP contribution is -2.23. The van der Waals surface area contributed by atoms with Crippen molar-refractivity contribution in [2.24, 2.45) is 0 Å². The molecule has 1 amide bonds. The smallest absolute Gasteiger partial charge is 0.328 e. The number of carboxylic acid groups (broad SMARTS) is 1. The topological polar surface area (TPSA) is 66.4 Å². The Morgan fingerprint density at radius 1 is 1.33 bits per heavy atom. The number of carbonyl (C=O) groups excluding carboxylic acids is 1. The van der Waals surface area contributed by atoms with Crippen molar-refractivity contribution in [1.82, 2.24) is 5.32 Å². The van der Waals surface area contributed by atoms with E-state index in [0.29, 0.717) is 17.7 Å². The van der Waals surface area contributed by atoms with Crippen LogP contribution in [0.15, 0.2) is 41.8 Å². The molecule has 0 saturated heterocycles. The third-order valence-corrected chi connectivity index (χ3v) is 3.80. The maximum absolute atomic E-state index is 12.2. The summed E-state index contributed by atoms with van der Waals surface area (Å²) in [7, 11) is 0. The van der Waals surface area contributed by atoms with Gasteiger partial charge in [-0.25, -0.2) is 4.79 Å². The molecule has 5 heteroatoms. The van der Waals surface area contributed by atoms with Crippen LogP contribution in [-0.4, -0.2) is 17.0 Å². The molecular weight excluding hydrogens is 286 g/mol. The Bertz CT molecular complexity index is 675. The van der Waals surface area contributed by atoms with Crippen molar-refractivity contribution in [2.75, 3.05) is 0 Å². The summed E-state index contributed by atoms with van der Waals surface area (Å²) in [5, 5.41) is 13.5. The largest absolute Gasteiger partial charge is 0.478 e. The minimum absolute atomic E-state index is 0.161. The van der Waals surface area contributed by atoms with Gasteiger partial charge in [-0.3, -0.25) is 4.79 Å². The lowest BCUT2D eigenvalue weighted by Gasteiger charge is -2.08. The van der Waals surface area contributed by atoms with Gasteiger partial charge in [0.15, 0.2) is 0 Å². The molecule has 0 aliphatic rings. The molecule has 0 aliphatic heterocycles. The maximum atomic E-state index is 12.2. The average molecular weight is 301 g/mol. The van der Waals surface area contributed by atoms with Gasteiger partial charge in [0.05, 0.1) is 6.54 Å². The van der Waals surface area contributed by atoms with Crippen molar-refractivity contribution in [1.29, 1.82) is 0 Å². The summed E-state index contributed by atoms with van der Waals surface area (Å²) in [4.78, 5) is 23.8. The van der Waals surface area contributed by atoms with Crippen molar-refractivity contribution < 1.29 is 14.7 Å². The predicted molar refractivity (Wildman–Crippen MR) is 83.3 cm³/mol. The van der Waals surface area contributed by atoms with Crippen LogP contribution in [0.25, 0.3) is 6.08 Å². The van der Waals surface area contributed by atoms with Crippen molar-refractivity contribution >= 4 is 29.3 Å². The van der Waals surface area contributed by atoms with Crippen molar-refractivity contribution in [2.45, 2.75) is 13.5 Å². The van der Waals surface area contributed by atoms with E-state index in [9.17, 15) is 9.59 Å². The SMILES string of the molecule is Cc1ccc(C=CC(=O)O)cc1C(=O)NCc1cccs1. The molecule has 0 aliphatic carbocycles. The summed E-state index contributed by atoms with van der Waals surface area (Å²) in [5.74, 6) is -1.18. The standard InChI is InChI=1S/C16H15NO3S/c1-11-4-5-12(6-7-15(18)19)9-14(11)16(20)17-10-13-3-2-8-21-13/h2-9H,10H2,1H3,(H,17,20)(H,18,19). The van der Waals surface area contributed by atoms with E-state index < -0.39 is 5.97 Å². The maximum Gasteiger partial charge on any atom is 0.328 e. The van der Waals surface area contributed by atoms with Crippen LogP contribution in [0.2, 0.25) is 0 Å². The van der Waals surface area contributed by atoms with Crippen LogP contribution < -0.4 is 5.32 Å². The first-order valence-electron chi connectivity index (χ1n) is 6.38. The van der Waals surface area contributed by atoms with Gasteiger partial charge >= 0.3 is 5.97 Å². The normalized spacial score (nSPS) is 10.7. The van der Waals surface area contributed by atoms with E-state index in [2.05, 4.69) is 5.32 Å². The number of amides is 1. The second kappa shape index (κ2) is 6.85. The van der Waals surface area contributed by atoms with Crippen LogP contribution in [-0.2, 0) is 11.3 Å². The van der Waals surface area contributed by atoms with Gasteiger partial charge in [0.2, 0.25) is 0 Å². The highest BCUT2D eigenvalue weighted by Crippen LogP contribution is 2.14. The van der Waals surface area contributed by atoms with Crippen LogP contribution in [0.4, 0.5) is 0 Å². The van der Waals surface area contributed by atoms with E-state index in [-0.39, 0.29) is 5.91 Å². The number of benzene rings is 1. The average Bonchev–Trinajstić information content (AvgIpc) is 2.97. The third kappa shape index (κ3) is 4.29. The number of hydrogen-bond acceptors (Lipinski definition) is 3. The molecule has 1 heterocycles. The summed E-state index contributed by atoms with van der Waals surface area (Å²) >= 11 is 1.59. The molecule has 0 bridgehead atoms. The molecular formula is C16H15NO3S. The Balaban J connectivity index is 2.12. The summed E-state index contributed by atoms with van der Waals surface area (Å²) in [6.45, 7) is 2.34. The molecule has 0 unspecified atom stereocenters. The first-order chi connectivity index (χ1) is 10.1. The zero-order valence-corrected chi connectivity index (χ0v) is 12.3. The fourth-order valence-corrected chi connectivity index (χ4v) is 2.48. The number of nitrogens with one attached hydrogen (secondary N) is 1. The molecule has 2 rings (SSSR count). The molecule has 21 heavy (non-hydrogen) atoms. The molecule has 0 saturated carbocycles. The molecule has 2 N–H and O–H groups in total. The minimum Gasteiger partial charge on any atom is -0.478 e. The first kappa shape index (κ1) is 15.0. The molecule has 0 fully saturated rings. The fourth-order valence-electron chi connectivity index (χ4n) is 1.83. The molecule has 0 atom stereocenters. The molecule has 0 radical (unpaired) electrons. The lowest BCUT2D eigenvalue weighted by molar-refractivity contribution is -0.131. The Hall–Kier alpha value is -2.40. The van der Waals surface area contributed by atoms with Gasteiger partial charge in [0.25, 0.3) is 5.91 Å². The molecule has 0 spiro atoms. The van der Waals surface area contributed by atoms with Gasteiger partial charge in [0, 0.05) is 16.5 Å². The first-order valence-corrected chi connectivity index (χ1v) is 7.26. The summed E-state index contributed by atoms with van der Waals surface area (Å²) < 4.78 is 0. The number of carbonyl (C=O) groups is 2.